The zero-order chi connectivity index (χ0) is 12.8. The third kappa shape index (κ3) is 3.23. The summed E-state index contributed by atoms with van der Waals surface area (Å²) < 4.78 is 0. The number of hydrogen-bond donors (Lipinski definition) is 1. The van der Waals surface area contributed by atoms with Crippen LogP contribution in [0.25, 0.3) is 0 Å². The molecule has 0 spiro atoms. The Morgan fingerprint density at radius 2 is 1.67 bits per heavy atom. The first-order valence-electron chi connectivity index (χ1n) is 6.13. The largest absolute Gasteiger partial charge is 0.376 e. The molecule has 1 N–H and O–H groups in total. The van der Waals surface area contributed by atoms with Gasteiger partial charge in [-0.2, -0.15) is 0 Å². The highest BCUT2D eigenvalue weighted by molar-refractivity contribution is 5.38. The zero-order valence-corrected chi connectivity index (χ0v) is 10.4. The van der Waals surface area contributed by atoms with E-state index in [1.807, 2.05) is 42.5 Å². The molecule has 90 valence electrons. The fourth-order valence-corrected chi connectivity index (χ4v) is 1.69. The molecule has 2 rings (SSSR count). The van der Waals surface area contributed by atoms with Crippen LogP contribution in [0.15, 0.2) is 54.6 Å². The molecular weight excluding hydrogens is 220 g/mol. The molecule has 0 bridgehead atoms. The van der Waals surface area contributed by atoms with Gasteiger partial charge in [0.05, 0.1) is 0 Å². The lowest BCUT2D eigenvalue weighted by molar-refractivity contribution is 0.238. The van der Waals surface area contributed by atoms with Gasteiger partial charge in [-0.3, -0.25) is 0 Å². The van der Waals surface area contributed by atoms with Gasteiger partial charge in [-0.05, 0) is 29.7 Å². The van der Waals surface area contributed by atoms with E-state index in [0.29, 0.717) is 0 Å². The Hall–Kier alpha value is -2.04. The van der Waals surface area contributed by atoms with E-state index in [1.54, 1.807) is 0 Å². The van der Waals surface area contributed by atoms with Crippen molar-refractivity contribution >= 4 is 0 Å². The summed E-state index contributed by atoms with van der Waals surface area (Å²) in [6.45, 7) is 2.12. The maximum atomic E-state index is 9.91. The quantitative estimate of drug-likeness (QED) is 0.793. The van der Waals surface area contributed by atoms with Crippen molar-refractivity contribution in [1.82, 2.24) is 0 Å². The second-order valence-electron chi connectivity index (χ2n) is 4.13. The standard InChI is InChI=1S/C17H16O/c1-2-14-8-10-15(11-9-14)12-13-17(18)16-6-4-3-5-7-16/h3-11,17-18H,2H2,1H3. The summed E-state index contributed by atoms with van der Waals surface area (Å²) in [5.74, 6) is 5.85. The molecule has 0 aromatic heterocycles. The van der Waals surface area contributed by atoms with Crippen LogP contribution in [0.3, 0.4) is 0 Å². The first-order valence-corrected chi connectivity index (χ1v) is 6.13. The maximum Gasteiger partial charge on any atom is 0.140 e. The van der Waals surface area contributed by atoms with Crippen molar-refractivity contribution in [3.05, 3.63) is 71.3 Å². The summed E-state index contributed by atoms with van der Waals surface area (Å²) in [5.41, 5.74) is 3.06. The fourth-order valence-electron chi connectivity index (χ4n) is 1.69. The maximum absolute atomic E-state index is 9.91. The van der Waals surface area contributed by atoms with Gasteiger partial charge in [0.25, 0.3) is 0 Å². The molecule has 0 amide bonds. The average Bonchev–Trinajstić information content (AvgIpc) is 2.46. The van der Waals surface area contributed by atoms with Crippen LogP contribution < -0.4 is 0 Å². The van der Waals surface area contributed by atoms with Crippen LogP contribution in [0.1, 0.15) is 29.7 Å². The molecule has 0 saturated carbocycles. The fraction of sp³-hybridized carbons (Fsp3) is 0.176. The number of benzene rings is 2. The second-order valence-corrected chi connectivity index (χ2v) is 4.13. The van der Waals surface area contributed by atoms with Crippen LogP contribution in [-0.2, 0) is 6.42 Å². The molecule has 2 aromatic rings. The van der Waals surface area contributed by atoms with Crippen molar-refractivity contribution in [2.24, 2.45) is 0 Å². The SMILES string of the molecule is CCc1ccc(C#CC(O)c2ccccc2)cc1. The Bertz CT molecular complexity index is 544. The van der Waals surface area contributed by atoms with Crippen LogP contribution in [0.4, 0.5) is 0 Å². The zero-order valence-electron chi connectivity index (χ0n) is 10.4. The molecule has 0 radical (unpaired) electrons. The predicted molar refractivity (Wildman–Crippen MR) is 74.1 cm³/mol. The molecule has 1 heteroatoms. The van der Waals surface area contributed by atoms with E-state index in [1.165, 1.54) is 5.56 Å². The molecule has 0 fully saturated rings. The van der Waals surface area contributed by atoms with Crippen LogP contribution in [0, 0.1) is 11.8 Å². The molecule has 0 aliphatic carbocycles. The average molecular weight is 236 g/mol. The topological polar surface area (TPSA) is 20.2 Å². The Kier molecular flexibility index (Phi) is 4.17. The van der Waals surface area contributed by atoms with Crippen LogP contribution in [0.2, 0.25) is 0 Å². The molecular formula is C17H16O. The van der Waals surface area contributed by atoms with Crippen LogP contribution in [0.5, 0.6) is 0 Å². The Morgan fingerprint density at radius 1 is 1.00 bits per heavy atom. The summed E-state index contributed by atoms with van der Waals surface area (Å²) >= 11 is 0. The van der Waals surface area contributed by atoms with Gasteiger partial charge in [0, 0.05) is 5.56 Å². The molecule has 18 heavy (non-hydrogen) atoms. The minimum atomic E-state index is -0.725. The first kappa shape index (κ1) is 12.4. The molecule has 0 aliphatic rings. The Morgan fingerprint density at radius 3 is 2.28 bits per heavy atom. The van der Waals surface area contributed by atoms with E-state index in [2.05, 4.69) is 30.9 Å². The summed E-state index contributed by atoms with van der Waals surface area (Å²) in [5, 5.41) is 9.91. The van der Waals surface area contributed by atoms with E-state index in [0.717, 1.165) is 17.5 Å². The second kappa shape index (κ2) is 6.05. The van der Waals surface area contributed by atoms with Gasteiger partial charge in [0.2, 0.25) is 0 Å². The summed E-state index contributed by atoms with van der Waals surface area (Å²) in [6, 6.07) is 17.6. The number of aliphatic hydroxyl groups is 1. The molecule has 0 aliphatic heterocycles. The highest BCUT2D eigenvalue weighted by atomic mass is 16.3. The number of hydrogen-bond acceptors (Lipinski definition) is 1. The van der Waals surface area contributed by atoms with Gasteiger partial charge >= 0.3 is 0 Å². The minimum Gasteiger partial charge on any atom is -0.376 e. The lowest BCUT2D eigenvalue weighted by Gasteiger charge is -2.02. The lowest BCUT2D eigenvalue weighted by atomic mass is 10.1. The molecule has 0 heterocycles. The highest BCUT2D eigenvalue weighted by Crippen LogP contribution is 2.11. The van der Waals surface area contributed by atoms with Crippen LogP contribution in [-0.4, -0.2) is 5.11 Å². The van der Waals surface area contributed by atoms with Crippen molar-refractivity contribution in [2.45, 2.75) is 19.4 Å². The monoisotopic (exact) mass is 236 g/mol. The van der Waals surface area contributed by atoms with E-state index in [4.69, 9.17) is 0 Å². The van der Waals surface area contributed by atoms with E-state index >= 15 is 0 Å². The number of aliphatic hydroxyl groups excluding tert-OH is 1. The number of rotatable bonds is 2. The third-order valence-corrected chi connectivity index (χ3v) is 2.83. The van der Waals surface area contributed by atoms with Gasteiger partial charge in [-0.25, -0.2) is 0 Å². The third-order valence-electron chi connectivity index (χ3n) is 2.83. The van der Waals surface area contributed by atoms with Crippen molar-refractivity contribution in [1.29, 1.82) is 0 Å². The summed E-state index contributed by atoms with van der Waals surface area (Å²) in [6.07, 6.45) is 0.303. The molecule has 2 aromatic carbocycles. The lowest BCUT2D eigenvalue weighted by Crippen LogP contribution is -1.92. The van der Waals surface area contributed by atoms with Crippen LogP contribution >= 0.6 is 0 Å². The van der Waals surface area contributed by atoms with E-state index < -0.39 is 6.10 Å². The molecule has 1 unspecified atom stereocenters. The summed E-state index contributed by atoms with van der Waals surface area (Å²) in [4.78, 5) is 0. The molecule has 1 nitrogen and oxygen atoms in total. The van der Waals surface area contributed by atoms with Gasteiger partial charge in [0.15, 0.2) is 0 Å². The van der Waals surface area contributed by atoms with Crippen molar-refractivity contribution in [3.63, 3.8) is 0 Å². The Balaban J connectivity index is 2.11. The van der Waals surface area contributed by atoms with Crippen molar-refractivity contribution < 1.29 is 5.11 Å². The number of aryl methyl sites for hydroxylation is 1. The van der Waals surface area contributed by atoms with Gasteiger partial charge < -0.3 is 5.11 Å². The van der Waals surface area contributed by atoms with Crippen molar-refractivity contribution in [2.75, 3.05) is 0 Å². The van der Waals surface area contributed by atoms with Gasteiger partial charge in [-0.15, -0.1) is 0 Å². The predicted octanol–water partition coefficient (Wildman–Crippen LogP) is 3.33. The highest BCUT2D eigenvalue weighted by Gasteiger charge is 2.00. The Labute approximate surface area is 108 Å². The van der Waals surface area contributed by atoms with Crippen molar-refractivity contribution in [3.8, 4) is 11.8 Å². The normalized spacial score (nSPS) is 11.4. The van der Waals surface area contributed by atoms with E-state index in [9.17, 15) is 5.11 Å². The molecule has 0 saturated heterocycles. The van der Waals surface area contributed by atoms with E-state index in [-0.39, 0.29) is 0 Å². The molecule has 1 atom stereocenters. The smallest absolute Gasteiger partial charge is 0.140 e. The van der Waals surface area contributed by atoms with Gasteiger partial charge in [0.1, 0.15) is 6.10 Å². The first-order chi connectivity index (χ1) is 8.79. The summed E-state index contributed by atoms with van der Waals surface area (Å²) in [7, 11) is 0. The minimum absolute atomic E-state index is 0.725. The van der Waals surface area contributed by atoms with Gasteiger partial charge in [-0.1, -0.05) is 61.2 Å².